The predicted molar refractivity (Wildman–Crippen MR) is 61.0 cm³/mol. The van der Waals surface area contributed by atoms with Gasteiger partial charge in [0.2, 0.25) is 0 Å². The van der Waals surface area contributed by atoms with E-state index in [9.17, 15) is 0 Å². The van der Waals surface area contributed by atoms with Crippen molar-refractivity contribution in [1.29, 1.82) is 5.26 Å². The quantitative estimate of drug-likeness (QED) is 0.798. The van der Waals surface area contributed by atoms with Gasteiger partial charge in [-0.05, 0) is 17.7 Å². The fraction of sp³-hybridized carbons (Fsp3) is 0.333. The van der Waals surface area contributed by atoms with Crippen LogP contribution < -0.4 is 5.73 Å². The molecule has 1 aliphatic heterocycles. The third kappa shape index (κ3) is 2.38. The maximum atomic E-state index is 8.92. The van der Waals surface area contributed by atoms with E-state index in [2.05, 4.69) is 16.0 Å². The zero-order valence-electron chi connectivity index (χ0n) is 9.06. The molecule has 0 saturated carbocycles. The number of hydrogen-bond acceptors (Lipinski definition) is 4. The first kappa shape index (κ1) is 10.7. The van der Waals surface area contributed by atoms with Crippen molar-refractivity contribution in [2.75, 3.05) is 13.1 Å². The highest BCUT2D eigenvalue weighted by Gasteiger charge is 2.16. The van der Waals surface area contributed by atoms with Crippen LogP contribution in [-0.4, -0.2) is 23.0 Å². The third-order valence-electron chi connectivity index (χ3n) is 2.76. The highest BCUT2D eigenvalue weighted by atomic mass is 15.1. The first-order chi connectivity index (χ1) is 7.79. The van der Waals surface area contributed by atoms with E-state index in [1.165, 1.54) is 5.56 Å². The summed E-state index contributed by atoms with van der Waals surface area (Å²) < 4.78 is 0. The van der Waals surface area contributed by atoms with E-state index in [0.29, 0.717) is 12.1 Å². The van der Waals surface area contributed by atoms with Crippen LogP contribution in [0.2, 0.25) is 0 Å². The van der Waals surface area contributed by atoms with Gasteiger partial charge in [-0.15, -0.1) is 0 Å². The average Bonchev–Trinajstić information content (AvgIpc) is 2.33. The molecule has 0 unspecified atom stereocenters. The monoisotopic (exact) mass is 214 g/mol. The molecule has 1 aromatic rings. The molecule has 0 radical (unpaired) electrons. The normalized spacial score (nSPS) is 17.2. The van der Waals surface area contributed by atoms with Gasteiger partial charge in [0.1, 0.15) is 0 Å². The lowest BCUT2D eigenvalue weighted by Crippen LogP contribution is -2.32. The van der Waals surface area contributed by atoms with Gasteiger partial charge in [0.05, 0.1) is 11.6 Å². The Morgan fingerprint density at radius 2 is 2.19 bits per heavy atom. The Bertz CT molecular complexity index is 430. The van der Waals surface area contributed by atoms with Gasteiger partial charge in [-0.3, -0.25) is 9.88 Å². The van der Waals surface area contributed by atoms with Crippen molar-refractivity contribution in [3.05, 3.63) is 41.4 Å². The molecule has 2 heterocycles. The fourth-order valence-electron chi connectivity index (χ4n) is 1.82. The molecular formula is C12H14N4. The molecule has 0 spiro atoms. The summed E-state index contributed by atoms with van der Waals surface area (Å²) in [6, 6.07) is 6.16. The first-order valence-electron chi connectivity index (χ1n) is 5.28. The number of nitriles is 1. The van der Waals surface area contributed by atoms with Crippen LogP contribution in [0.15, 0.2) is 35.8 Å². The highest BCUT2D eigenvalue weighted by Crippen LogP contribution is 2.15. The van der Waals surface area contributed by atoms with Crippen LogP contribution in [0.25, 0.3) is 0 Å². The fourth-order valence-corrected chi connectivity index (χ4v) is 1.82. The van der Waals surface area contributed by atoms with Crippen LogP contribution in [0, 0.1) is 11.3 Å². The predicted octanol–water partition coefficient (Wildman–Crippen LogP) is 1.02. The Balaban J connectivity index is 2.02. The SMILES string of the molecule is N#CC1=C(N)CCN(Cc2ccncc2)C1. The Morgan fingerprint density at radius 1 is 1.44 bits per heavy atom. The summed E-state index contributed by atoms with van der Waals surface area (Å²) in [5, 5.41) is 8.92. The number of rotatable bonds is 2. The zero-order valence-corrected chi connectivity index (χ0v) is 9.06. The standard InChI is InChI=1S/C12H14N4/c13-7-11-9-16(6-3-12(11)14)8-10-1-4-15-5-2-10/h1-2,4-5H,3,6,8-9,14H2. The van der Waals surface area contributed by atoms with Crippen molar-refractivity contribution in [1.82, 2.24) is 9.88 Å². The third-order valence-corrected chi connectivity index (χ3v) is 2.76. The number of pyridine rings is 1. The van der Waals surface area contributed by atoms with Crippen LogP contribution in [0.4, 0.5) is 0 Å². The summed E-state index contributed by atoms with van der Waals surface area (Å²) in [4.78, 5) is 6.21. The van der Waals surface area contributed by atoms with Crippen LogP contribution in [0.3, 0.4) is 0 Å². The van der Waals surface area contributed by atoms with Crippen molar-refractivity contribution in [2.24, 2.45) is 5.73 Å². The molecule has 82 valence electrons. The van der Waals surface area contributed by atoms with Crippen LogP contribution in [0.1, 0.15) is 12.0 Å². The number of nitrogens with two attached hydrogens (primary N) is 1. The van der Waals surface area contributed by atoms with Crippen molar-refractivity contribution in [3.8, 4) is 6.07 Å². The summed E-state index contributed by atoms with van der Waals surface area (Å²) in [6.07, 6.45) is 4.36. The van der Waals surface area contributed by atoms with Gasteiger partial charge in [0.15, 0.2) is 0 Å². The lowest BCUT2D eigenvalue weighted by atomic mass is 10.1. The minimum atomic E-state index is 0.657. The lowest BCUT2D eigenvalue weighted by Gasteiger charge is -2.26. The Hall–Kier alpha value is -1.86. The summed E-state index contributed by atoms with van der Waals surface area (Å²) in [7, 11) is 0. The van der Waals surface area contributed by atoms with E-state index in [1.807, 2.05) is 12.1 Å². The van der Waals surface area contributed by atoms with E-state index in [4.69, 9.17) is 11.0 Å². The maximum Gasteiger partial charge on any atom is 0.0979 e. The van der Waals surface area contributed by atoms with Gasteiger partial charge >= 0.3 is 0 Å². The Kier molecular flexibility index (Phi) is 3.18. The van der Waals surface area contributed by atoms with E-state index in [0.717, 1.165) is 25.2 Å². The molecule has 0 aliphatic carbocycles. The molecular weight excluding hydrogens is 200 g/mol. The maximum absolute atomic E-state index is 8.92. The second-order valence-electron chi connectivity index (χ2n) is 3.93. The van der Waals surface area contributed by atoms with Crippen molar-refractivity contribution in [2.45, 2.75) is 13.0 Å². The number of hydrogen-bond donors (Lipinski definition) is 1. The molecule has 0 amide bonds. The number of nitrogens with zero attached hydrogens (tertiary/aromatic N) is 3. The van der Waals surface area contributed by atoms with E-state index < -0.39 is 0 Å². The van der Waals surface area contributed by atoms with E-state index >= 15 is 0 Å². The van der Waals surface area contributed by atoms with Gasteiger partial charge in [-0.25, -0.2) is 0 Å². The minimum absolute atomic E-state index is 0.657. The molecule has 4 heteroatoms. The number of aromatic nitrogens is 1. The highest BCUT2D eigenvalue weighted by molar-refractivity contribution is 5.29. The van der Waals surface area contributed by atoms with Crippen molar-refractivity contribution < 1.29 is 0 Å². The summed E-state index contributed by atoms with van der Waals surface area (Å²) in [5.74, 6) is 0. The van der Waals surface area contributed by atoms with E-state index in [-0.39, 0.29) is 0 Å². The Morgan fingerprint density at radius 3 is 2.88 bits per heavy atom. The van der Waals surface area contributed by atoms with Gasteiger partial charge in [0.25, 0.3) is 0 Å². The van der Waals surface area contributed by atoms with E-state index in [1.54, 1.807) is 12.4 Å². The molecule has 2 rings (SSSR count). The zero-order chi connectivity index (χ0) is 11.4. The first-order valence-corrected chi connectivity index (χ1v) is 5.28. The summed E-state index contributed by atoms with van der Waals surface area (Å²) in [6.45, 7) is 2.42. The van der Waals surface area contributed by atoms with Gasteiger partial charge in [0, 0.05) is 44.1 Å². The Labute approximate surface area is 95.0 Å². The molecule has 1 aliphatic rings. The van der Waals surface area contributed by atoms with Gasteiger partial charge in [-0.1, -0.05) is 0 Å². The molecule has 0 aromatic carbocycles. The van der Waals surface area contributed by atoms with Crippen molar-refractivity contribution >= 4 is 0 Å². The molecule has 0 saturated heterocycles. The molecule has 16 heavy (non-hydrogen) atoms. The molecule has 2 N–H and O–H groups in total. The molecule has 0 bridgehead atoms. The van der Waals surface area contributed by atoms with Crippen molar-refractivity contribution in [3.63, 3.8) is 0 Å². The van der Waals surface area contributed by atoms with Gasteiger partial charge < -0.3 is 5.73 Å². The average molecular weight is 214 g/mol. The lowest BCUT2D eigenvalue weighted by molar-refractivity contribution is 0.280. The van der Waals surface area contributed by atoms with Crippen LogP contribution in [0.5, 0.6) is 0 Å². The molecule has 4 nitrogen and oxygen atoms in total. The summed E-state index contributed by atoms with van der Waals surface area (Å²) in [5.41, 5.74) is 8.43. The molecule has 0 atom stereocenters. The molecule has 0 fully saturated rings. The summed E-state index contributed by atoms with van der Waals surface area (Å²) >= 11 is 0. The smallest absolute Gasteiger partial charge is 0.0979 e. The van der Waals surface area contributed by atoms with Gasteiger partial charge in [-0.2, -0.15) is 5.26 Å². The van der Waals surface area contributed by atoms with Crippen LogP contribution >= 0.6 is 0 Å². The second kappa shape index (κ2) is 4.77. The second-order valence-corrected chi connectivity index (χ2v) is 3.93. The molecule has 1 aromatic heterocycles. The minimum Gasteiger partial charge on any atom is -0.401 e. The topological polar surface area (TPSA) is 65.9 Å². The van der Waals surface area contributed by atoms with Crippen LogP contribution in [-0.2, 0) is 6.54 Å². The largest absolute Gasteiger partial charge is 0.401 e.